The smallest absolute Gasteiger partial charge is 0.338 e. The molecule has 1 aliphatic rings. The summed E-state index contributed by atoms with van der Waals surface area (Å²) in [5.41, 5.74) is 1.55. The molecule has 3 rings (SSSR count). The van der Waals surface area contributed by atoms with Crippen molar-refractivity contribution in [2.75, 3.05) is 13.6 Å². The molecule has 2 aromatic rings. The van der Waals surface area contributed by atoms with Crippen molar-refractivity contribution in [1.82, 2.24) is 9.47 Å². The first kappa shape index (κ1) is 26.8. The Hall–Kier alpha value is -1.82. The predicted octanol–water partition coefficient (Wildman–Crippen LogP) is 6.37. The Bertz CT molecular complexity index is 1040. The second kappa shape index (κ2) is 11.7. The van der Waals surface area contributed by atoms with E-state index in [1.807, 2.05) is 32.9 Å². The van der Waals surface area contributed by atoms with E-state index in [0.717, 1.165) is 17.8 Å². The molecule has 0 N–H and O–H groups in total. The Morgan fingerprint density at radius 3 is 2.35 bits per heavy atom. The number of nitrogens with zero attached hydrogens (tertiary/aromatic N) is 2. The number of aryl methyl sites for hydroxylation is 1. The Kier molecular flexibility index (Phi) is 9.25. The Labute approximate surface area is 213 Å². The zero-order chi connectivity index (χ0) is 24.9. The molecule has 0 saturated heterocycles. The van der Waals surface area contributed by atoms with Gasteiger partial charge in [-0.2, -0.15) is 0 Å². The fraction of sp³-hybridized carbons (Fsp3) is 0.556. The highest BCUT2D eigenvalue weighted by atomic mass is 35.5. The van der Waals surface area contributed by atoms with E-state index in [0.29, 0.717) is 36.0 Å². The molecule has 0 aliphatic heterocycles. The second-order valence-corrected chi connectivity index (χ2v) is 11.2. The number of aromatic nitrogens is 1. The van der Waals surface area contributed by atoms with E-state index in [1.54, 1.807) is 22.8 Å². The largest absolute Gasteiger partial charge is 0.456 e. The normalized spacial score (nSPS) is 15.0. The zero-order valence-corrected chi connectivity index (χ0v) is 22.2. The molecule has 0 spiro atoms. The lowest BCUT2D eigenvalue weighted by atomic mass is 9.89. The van der Waals surface area contributed by atoms with Gasteiger partial charge >= 0.3 is 5.97 Å². The fourth-order valence-electron chi connectivity index (χ4n) is 4.55. The van der Waals surface area contributed by atoms with Gasteiger partial charge < -0.3 is 14.2 Å². The van der Waals surface area contributed by atoms with Gasteiger partial charge in [-0.05, 0) is 76.8 Å². The van der Waals surface area contributed by atoms with Gasteiger partial charge in [0.05, 0.1) is 16.3 Å². The molecule has 5 nitrogen and oxygen atoms in total. The summed E-state index contributed by atoms with van der Waals surface area (Å²) in [6.07, 6.45) is 7.09. The molecule has 0 amide bonds. The van der Waals surface area contributed by atoms with Crippen LogP contribution >= 0.6 is 23.2 Å². The van der Waals surface area contributed by atoms with Gasteiger partial charge in [0.25, 0.3) is 5.56 Å². The first-order valence-electron chi connectivity index (χ1n) is 12.1. The first-order chi connectivity index (χ1) is 16.0. The van der Waals surface area contributed by atoms with Gasteiger partial charge in [-0.25, -0.2) is 4.79 Å². The topological polar surface area (TPSA) is 51.5 Å². The number of hydrogen-bond acceptors (Lipinski definition) is 4. The maximum absolute atomic E-state index is 12.9. The van der Waals surface area contributed by atoms with Crippen LogP contribution in [0.5, 0.6) is 0 Å². The first-order valence-corrected chi connectivity index (χ1v) is 12.9. The van der Waals surface area contributed by atoms with Crippen molar-refractivity contribution in [3.05, 3.63) is 67.6 Å². The number of rotatable bonds is 8. The summed E-state index contributed by atoms with van der Waals surface area (Å²) >= 11 is 12.8. The molecule has 1 heterocycles. The molecule has 1 fully saturated rings. The van der Waals surface area contributed by atoms with E-state index in [-0.39, 0.29) is 16.6 Å². The molecule has 1 aromatic heterocycles. The van der Waals surface area contributed by atoms with E-state index < -0.39 is 5.60 Å². The van der Waals surface area contributed by atoms with Crippen LogP contribution < -0.4 is 5.56 Å². The lowest BCUT2D eigenvalue weighted by Gasteiger charge is -2.28. The number of benzene rings is 1. The quantitative estimate of drug-likeness (QED) is 0.390. The van der Waals surface area contributed by atoms with E-state index in [4.69, 9.17) is 27.9 Å². The van der Waals surface area contributed by atoms with Crippen LogP contribution in [0, 0.1) is 5.92 Å². The van der Waals surface area contributed by atoms with Gasteiger partial charge in [-0.3, -0.25) is 4.79 Å². The molecule has 0 radical (unpaired) electrons. The molecule has 1 aliphatic carbocycles. The van der Waals surface area contributed by atoms with Crippen LogP contribution in [-0.2, 0) is 24.2 Å². The summed E-state index contributed by atoms with van der Waals surface area (Å²) < 4.78 is 7.12. The number of esters is 1. The van der Waals surface area contributed by atoms with Crippen LogP contribution in [-0.4, -0.2) is 34.6 Å². The molecule has 1 saturated carbocycles. The second-order valence-electron chi connectivity index (χ2n) is 10.4. The summed E-state index contributed by atoms with van der Waals surface area (Å²) in [5, 5.41) is 0.643. The minimum Gasteiger partial charge on any atom is -0.456 e. The average molecular weight is 508 g/mol. The van der Waals surface area contributed by atoms with Crippen LogP contribution in [0.2, 0.25) is 10.0 Å². The highest BCUT2D eigenvalue weighted by molar-refractivity contribution is 6.34. The molecule has 186 valence electrons. The Morgan fingerprint density at radius 2 is 1.74 bits per heavy atom. The molecule has 0 atom stereocenters. The van der Waals surface area contributed by atoms with E-state index >= 15 is 0 Å². The minimum absolute atomic E-state index is 0.129. The van der Waals surface area contributed by atoms with Crippen molar-refractivity contribution in [3.63, 3.8) is 0 Å². The van der Waals surface area contributed by atoms with Gasteiger partial charge in [0, 0.05) is 19.6 Å². The SMILES string of the molecule is CN(Cc1c(Cl)cc(Cl)c(=O)n1CCc1ccc(C(=O)OC(C)(C)C)cc1)CC1CCCCC1. The number of halogens is 2. The third-order valence-electron chi connectivity index (χ3n) is 6.23. The number of carbonyl (C=O) groups is 1. The highest BCUT2D eigenvalue weighted by Crippen LogP contribution is 2.26. The van der Waals surface area contributed by atoms with Crippen LogP contribution in [0.15, 0.2) is 35.1 Å². The number of hydrogen-bond donors (Lipinski definition) is 0. The van der Waals surface area contributed by atoms with Gasteiger partial charge in [-0.15, -0.1) is 0 Å². The molecule has 0 bridgehead atoms. The van der Waals surface area contributed by atoms with Crippen LogP contribution in [0.25, 0.3) is 0 Å². The summed E-state index contributed by atoms with van der Waals surface area (Å²) in [6, 6.07) is 8.87. The molecule has 7 heteroatoms. The summed E-state index contributed by atoms with van der Waals surface area (Å²) in [6.45, 7) is 7.59. The standard InChI is InChI=1S/C27H36Cl2N2O3/c1-27(2,3)34-26(33)21-12-10-19(11-13-21)14-15-31-24(22(28)16-23(29)25(31)32)18-30(4)17-20-8-6-5-7-9-20/h10-13,16,20H,5-9,14-15,17-18H2,1-4H3. The third kappa shape index (κ3) is 7.59. The van der Waals surface area contributed by atoms with Crippen molar-refractivity contribution in [3.8, 4) is 0 Å². The van der Waals surface area contributed by atoms with Crippen LogP contribution in [0.4, 0.5) is 0 Å². The number of ether oxygens (including phenoxy) is 1. The van der Waals surface area contributed by atoms with Gasteiger partial charge in [0.2, 0.25) is 0 Å². The Morgan fingerprint density at radius 1 is 1.09 bits per heavy atom. The lowest BCUT2D eigenvalue weighted by Crippen LogP contribution is -2.32. The summed E-state index contributed by atoms with van der Waals surface area (Å²) in [7, 11) is 2.09. The Balaban J connectivity index is 1.71. The van der Waals surface area contributed by atoms with Crippen molar-refractivity contribution in [2.24, 2.45) is 5.92 Å². The third-order valence-corrected chi connectivity index (χ3v) is 6.83. The van der Waals surface area contributed by atoms with Crippen molar-refractivity contribution < 1.29 is 9.53 Å². The van der Waals surface area contributed by atoms with Crippen LogP contribution in [0.1, 0.15) is 74.5 Å². The molecular weight excluding hydrogens is 471 g/mol. The summed E-state index contributed by atoms with van der Waals surface area (Å²) in [4.78, 5) is 27.4. The number of carbonyl (C=O) groups excluding carboxylic acids is 1. The van der Waals surface area contributed by atoms with E-state index in [2.05, 4.69) is 11.9 Å². The maximum Gasteiger partial charge on any atom is 0.338 e. The van der Waals surface area contributed by atoms with Gasteiger partial charge in [0.15, 0.2) is 0 Å². The minimum atomic E-state index is -0.538. The van der Waals surface area contributed by atoms with Crippen molar-refractivity contribution >= 4 is 29.2 Å². The molecular formula is C27H36Cl2N2O3. The van der Waals surface area contributed by atoms with Gasteiger partial charge in [0.1, 0.15) is 10.6 Å². The summed E-state index contributed by atoms with van der Waals surface area (Å²) in [5.74, 6) is 0.355. The van der Waals surface area contributed by atoms with Crippen LogP contribution in [0.3, 0.4) is 0 Å². The van der Waals surface area contributed by atoms with Crippen molar-refractivity contribution in [1.29, 1.82) is 0 Å². The van der Waals surface area contributed by atoms with E-state index in [9.17, 15) is 9.59 Å². The molecule has 1 aromatic carbocycles. The van der Waals surface area contributed by atoms with Gasteiger partial charge in [-0.1, -0.05) is 54.6 Å². The monoisotopic (exact) mass is 506 g/mol. The lowest BCUT2D eigenvalue weighted by molar-refractivity contribution is 0.00695. The molecule has 0 unspecified atom stereocenters. The van der Waals surface area contributed by atoms with E-state index in [1.165, 1.54) is 32.1 Å². The maximum atomic E-state index is 12.9. The fourth-order valence-corrected chi connectivity index (χ4v) is 5.09. The predicted molar refractivity (Wildman–Crippen MR) is 139 cm³/mol. The zero-order valence-electron chi connectivity index (χ0n) is 20.7. The average Bonchev–Trinajstić information content (AvgIpc) is 2.77. The highest BCUT2D eigenvalue weighted by Gasteiger charge is 2.20. The molecule has 34 heavy (non-hydrogen) atoms. The number of pyridine rings is 1. The van der Waals surface area contributed by atoms with Crippen molar-refractivity contribution in [2.45, 2.75) is 78.0 Å².